The Hall–Kier alpha value is -1.78. The number of aromatic nitrogens is 1. The van der Waals surface area contributed by atoms with Gasteiger partial charge in [-0.2, -0.15) is 0 Å². The third kappa shape index (κ3) is 2.03. The summed E-state index contributed by atoms with van der Waals surface area (Å²) in [5.41, 5.74) is 1.05. The quantitative estimate of drug-likeness (QED) is 0.850. The van der Waals surface area contributed by atoms with Crippen LogP contribution in [0.15, 0.2) is 12.1 Å². The van der Waals surface area contributed by atoms with E-state index in [1.54, 1.807) is 6.07 Å². The highest BCUT2D eigenvalue weighted by molar-refractivity contribution is 5.92. The van der Waals surface area contributed by atoms with Crippen LogP contribution in [-0.2, 0) is 0 Å². The standard InChI is InChI=1S/C14H13F3N2/c1-2-18-11-6-10(7-3-4-7)19-14-9(16)5-8(15)13(17)12(11)14/h5-7H,2-4H2,1H3,(H,18,19). The van der Waals surface area contributed by atoms with E-state index in [2.05, 4.69) is 10.3 Å². The minimum absolute atomic E-state index is 0.0979. The Balaban J connectivity index is 2.33. The molecule has 0 unspecified atom stereocenters. The molecule has 5 heteroatoms. The van der Waals surface area contributed by atoms with Gasteiger partial charge in [0.2, 0.25) is 0 Å². The van der Waals surface area contributed by atoms with Gasteiger partial charge in [0.25, 0.3) is 0 Å². The lowest BCUT2D eigenvalue weighted by Crippen LogP contribution is -2.04. The van der Waals surface area contributed by atoms with Crippen molar-refractivity contribution in [1.82, 2.24) is 4.98 Å². The molecule has 1 aliphatic carbocycles. The number of fused-ring (bicyclic) bond motifs is 1. The second-order valence-corrected chi connectivity index (χ2v) is 4.78. The molecule has 0 saturated heterocycles. The maximum Gasteiger partial charge on any atom is 0.170 e. The number of pyridine rings is 1. The fourth-order valence-corrected chi connectivity index (χ4v) is 2.24. The zero-order valence-corrected chi connectivity index (χ0v) is 10.4. The third-order valence-corrected chi connectivity index (χ3v) is 3.31. The topological polar surface area (TPSA) is 24.9 Å². The number of nitrogens with one attached hydrogen (secondary N) is 1. The molecule has 0 amide bonds. The Labute approximate surface area is 108 Å². The molecule has 0 spiro atoms. The van der Waals surface area contributed by atoms with Crippen molar-refractivity contribution in [3.05, 3.63) is 35.3 Å². The predicted molar refractivity (Wildman–Crippen MR) is 67.8 cm³/mol. The second-order valence-electron chi connectivity index (χ2n) is 4.78. The van der Waals surface area contributed by atoms with Crippen molar-refractivity contribution >= 4 is 16.6 Å². The number of hydrogen-bond acceptors (Lipinski definition) is 2. The summed E-state index contributed by atoms with van der Waals surface area (Å²) in [6.07, 6.45) is 2.02. The lowest BCUT2D eigenvalue weighted by atomic mass is 10.1. The largest absolute Gasteiger partial charge is 0.385 e. The van der Waals surface area contributed by atoms with Crippen molar-refractivity contribution in [1.29, 1.82) is 0 Å². The van der Waals surface area contributed by atoms with Gasteiger partial charge >= 0.3 is 0 Å². The number of rotatable bonds is 3. The molecule has 0 aliphatic heterocycles. The van der Waals surface area contributed by atoms with Crippen LogP contribution >= 0.6 is 0 Å². The number of benzene rings is 1. The van der Waals surface area contributed by atoms with Crippen LogP contribution in [0.3, 0.4) is 0 Å². The summed E-state index contributed by atoms with van der Waals surface area (Å²) in [7, 11) is 0. The van der Waals surface area contributed by atoms with E-state index in [0.717, 1.165) is 18.5 Å². The van der Waals surface area contributed by atoms with E-state index in [0.29, 0.717) is 24.2 Å². The SMILES string of the molecule is CCNc1cc(C2CC2)nc2c(F)cc(F)c(F)c12. The van der Waals surface area contributed by atoms with Gasteiger partial charge in [-0.25, -0.2) is 18.2 Å². The lowest BCUT2D eigenvalue weighted by molar-refractivity contribution is 0.505. The van der Waals surface area contributed by atoms with Crippen molar-refractivity contribution in [3.8, 4) is 0 Å². The molecule has 100 valence electrons. The van der Waals surface area contributed by atoms with Crippen molar-refractivity contribution in [3.63, 3.8) is 0 Å². The lowest BCUT2D eigenvalue weighted by Gasteiger charge is -2.12. The smallest absolute Gasteiger partial charge is 0.170 e. The number of anilines is 1. The molecular weight excluding hydrogens is 253 g/mol. The van der Waals surface area contributed by atoms with Gasteiger partial charge in [0.1, 0.15) is 5.52 Å². The first-order chi connectivity index (χ1) is 9.11. The zero-order chi connectivity index (χ0) is 13.6. The molecule has 2 aromatic rings. The molecule has 3 rings (SSSR count). The molecule has 1 aromatic heterocycles. The Bertz CT molecular complexity index is 651. The van der Waals surface area contributed by atoms with Crippen molar-refractivity contribution in [2.24, 2.45) is 0 Å². The summed E-state index contributed by atoms with van der Waals surface area (Å²) in [5.74, 6) is -2.75. The van der Waals surface area contributed by atoms with Gasteiger partial charge in [-0.15, -0.1) is 0 Å². The summed E-state index contributed by atoms with van der Waals surface area (Å²) in [4.78, 5) is 4.16. The first-order valence-corrected chi connectivity index (χ1v) is 6.33. The van der Waals surface area contributed by atoms with Crippen LogP contribution < -0.4 is 5.32 Å². The monoisotopic (exact) mass is 266 g/mol. The molecule has 1 fully saturated rings. The van der Waals surface area contributed by atoms with Gasteiger partial charge in [0.15, 0.2) is 17.5 Å². The highest BCUT2D eigenvalue weighted by Gasteiger charge is 2.27. The fourth-order valence-electron chi connectivity index (χ4n) is 2.24. The van der Waals surface area contributed by atoms with Crippen LogP contribution in [-0.4, -0.2) is 11.5 Å². The van der Waals surface area contributed by atoms with Crippen molar-refractivity contribution in [2.45, 2.75) is 25.7 Å². The highest BCUT2D eigenvalue weighted by atomic mass is 19.2. The van der Waals surface area contributed by atoms with E-state index in [-0.39, 0.29) is 10.9 Å². The fraction of sp³-hybridized carbons (Fsp3) is 0.357. The van der Waals surface area contributed by atoms with Crippen LogP contribution in [0.5, 0.6) is 0 Å². The maximum atomic E-state index is 13.9. The van der Waals surface area contributed by atoms with Crippen molar-refractivity contribution in [2.75, 3.05) is 11.9 Å². The Kier molecular flexibility index (Phi) is 2.84. The van der Waals surface area contributed by atoms with Crippen LogP contribution in [0.25, 0.3) is 10.9 Å². The van der Waals surface area contributed by atoms with Gasteiger partial charge in [-0.05, 0) is 25.8 Å². The summed E-state index contributed by atoms with van der Waals surface area (Å²) in [6, 6.07) is 2.25. The molecule has 1 saturated carbocycles. The molecule has 0 atom stereocenters. The van der Waals surface area contributed by atoms with Gasteiger partial charge < -0.3 is 5.32 Å². The van der Waals surface area contributed by atoms with Gasteiger partial charge in [-0.1, -0.05) is 0 Å². The number of hydrogen-bond donors (Lipinski definition) is 1. The van der Waals surface area contributed by atoms with Crippen molar-refractivity contribution < 1.29 is 13.2 Å². The summed E-state index contributed by atoms with van der Waals surface area (Å²) >= 11 is 0. The molecule has 1 heterocycles. The number of halogens is 3. The minimum atomic E-state index is -1.19. The number of nitrogens with zero attached hydrogens (tertiary/aromatic N) is 1. The first-order valence-electron chi connectivity index (χ1n) is 6.33. The van der Waals surface area contributed by atoms with Gasteiger partial charge in [0, 0.05) is 29.9 Å². The zero-order valence-electron chi connectivity index (χ0n) is 10.4. The normalized spacial score (nSPS) is 14.9. The summed E-state index contributed by atoms with van der Waals surface area (Å²) < 4.78 is 41.0. The Morgan fingerprint density at radius 1 is 1.21 bits per heavy atom. The van der Waals surface area contributed by atoms with Gasteiger partial charge in [-0.3, -0.25) is 0 Å². The van der Waals surface area contributed by atoms with Crippen LogP contribution in [0.1, 0.15) is 31.4 Å². The Morgan fingerprint density at radius 3 is 2.58 bits per heavy atom. The third-order valence-electron chi connectivity index (χ3n) is 3.31. The second kappa shape index (κ2) is 4.40. The molecule has 0 radical (unpaired) electrons. The van der Waals surface area contributed by atoms with E-state index in [9.17, 15) is 13.2 Å². The first kappa shape index (κ1) is 12.3. The minimum Gasteiger partial charge on any atom is -0.385 e. The molecule has 1 N–H and O–H groups in total. The highest BCUT2D eigenvalue weighted by Crippen LogP contribution is 2.41. The van der Waals surface area contributed by atoms with Crippen LogP contribution in [0.4, 0.5) is 18.9 Å². The van der Waals surface area contributed by atoms with Gasteiger partial charge in [0.05, 0.1) is 5.39 Å². The molecule has 1 aromatic carbocycles. The van der Waals surface area contributed by atoms with Crippen LogP contribution in [0.2, 0.25) is 0 Å². The molecule has 2 nitrogen and oxygen atoms in total. The average molecular weight is 266 g/mol. The van der Waals surface area contributed by atoms with E-state index in [1.807, 2.05) is 6.92 Å². The average Bonchev–Trinajstić information content (AvgIpc) is 3.20. The van der Waals surface area contributed by atoms with E-state index in [4.69, 9.17) is 0 Å². The van der Waals surface area contributed by atoms with Crippen LogP contribution in [0, 0.1) is 17.5 Å². The molecule has 19 heavy (non-hydrogen) atoms. The maximum absolute atomic E-state index is 13.9. The summed E-state index contributed by atoms with van der Waals surface area (Å²) in [5, 5.41) is 2.85. The molecule has 0 bridgehead atoms. The van der Waals surface area contributed by atoms with E-state index < -0.39 is 17.5 Å². The van der Waals surface area contributed by atoms with E-state index in [1.165, 1.54) is 0 Å². The van der Waals surface area contributed by atoms with E-state index >= 15 is 0 Å². The molecular formula is C14H13F3N2. The summed E-state index contributed by atoms with van der Waals surface area (Å²) in [6.45, 7) is 2.39. The molecule has 1 aliphatic rings. The predicted octanol–water partition coefficient (Wildman–Crippen LogP) is 3.96. The Morgan fingerprint density at radius 2 is 1.95 bits per heavy atom.